The van der Waals surface area contributed by atoms with Gasteiger partial charge in [-0.1, -0.05) is 54.1 Å². The maximum absolute atomic E-state index is 13.7. The van der Waals surface area contributed by atoms with Gasteiger partial charge in [-0.2, -0.15) is 0 Å². The molecule has 0 atom stereocenters. The summed E-state index contributed by atoms with van der Waals surface area (Å²) >= 11 is 6.20. The van der Waals surface area contributed by atoms with Crippen molar-refractivity contribution in [1.29, 1.82) is 0 Å². The Morgan fingerprint density at radius 3 is 2.34 bits per heavy atom. The highest BCUT2D eigenvalue weighted by Crippen LogP contribution is 2.34. The van der Waals surface area contributed by atoms with Crippen molar-refractivity contribution in [2.45, 2.75) is 6.92 Å². The Labute approximate surface area is 172 Å². The number of imide groups is 1. The molecule has 29 heavy (non-hydrogen) atoms. The predicted molar refractivity (Wildman–Crippen MR) is 112 cm³/mol. The number of carbonyl (C=O) groups is 2. The van der Waals surface area contributed by atoms with E-state index in [1.54, 1.807) is 36.4 Å². The molecule has 1 aliphatic rings. The number of anilines is 2. The number of nitrogens with zero attached hydrogens (tertiary/aromatic N) is 1. The van der Waals surface area contributed by atoms with Crippen LogP contribution in [0.3, 0.4) is 0 Å². The van der Waals surface area contributed by atoms with E-state index in [1.807, 2.05) is 19.1 Å². The fraction of sp³-hybridized carbons (Fsp3) is 0.0435. The second-order valence-electron chi connectivity index (χ2n) is 6.63. The van der Waals surface area contributed by atoms with Gasteiger partial charge in [0.05, 0.1) is 11.3 Å². The van der Waals surface area contributed by atoms with Gasteiger partial charge in [0.2, 0.25) is 0 Å². The van der Waals surface area contributed by atoms with Crippen molar-refractivity contribution < 1.29 is 14.0 Å². The summed E-state index contributed by atoms with van der Waals surface area (Å²) in [5.41, 5.74) is 2.57. The number of nitrogens with one attached hydrogen (secondary N) is 1. The molecule has 0 aliphatic carbocycles. The SMILES string of the molecule is Cc1ccc(NC2=C(c3ccccc3)C(=O)N(c3cccc(F)c3)C2=O)cc1Cl. The van der Waals surface area contributed by atoms with Crippen LogP contribution in [0.2, 0.25) is 5.02 Å². The van der Waals surface area contributed by atoms with Crippen molar-refractivity contribution in [3.63, 3.8) is 0 Å². The maximum Gasteiger partial charge on any atom is 0.282 e. The van der Waals surface area contributed by atoms with E-state index in [1.165, 1.54) is 18.2 Å². The number of rotatable bonds is 4. The third-order valence-electron chi connectivity index (χ3n) is 4.65. The van der Waals surface area contributed by atoms with Crippen molar-refractivity contribution in [1.82, 2.24) is 0 Å². The molecule has 0 radical (unpaired) electrons. The van der Waals surface area contributed by atoms with Gasteiger partial charge in [0.15, 0.2) is 0 Å². The Morgan fingerprint density at radius 1 is 0.897 bits per heavy atom. The number of amides is 2. The molecule has 0 saturated heterocycles. The lowest BCUT2D eigenvalue weighted by Gasteiger charge is -2.15. The van der Waals surface area contributed by atoms with Crippen LogP contribution in [0.4, 0.5) is 15.8 Å². The van der Waals surface area contributed by atoms with E-state index in [0.717, 1.165) is 16.5 Å². The van der Waals surface area contributed by atoms with E-state index < -0.39 is 17.6 Å². The minimum absolute atomic E-state index is 0.116. The standard InChI is InChI=1S/C23H16ClFN2O2/c1-14-10-11-17(13-19(14)24)26-21-20(15-6-3-2-4-7-15)22(28)27(23(21)29)18-9-5-8-16(25)12-18/h2-13,26H,1H3. The molecule has 0 bridgehead atoms. The van der Waals surface area contributed by atoms with Crippen LogP contribution in [0, 0.1) is 12.7 Å². The highest BCUT2D eigenvalue weighted by molar-refractivity contribution is 6.46. The lowest BCUT2D eigenvalue weighted by molar-refractivity contribution is -0.120. The van der Waals surface area contributed by atoms with Crippen LogP contribution in [0.25, 0.3) is 5.57 Å². The first-order chi connectivity index (χ1) is 14.0. The zero-order valence-corrected chi connectivity index (χ0v) is 16.2. The molecule has 6 heteroatoms. The summed E-state index contributed by atoms with van der Waals surface area (Å²) in [5, 5.41) is 3.58. The number of benzene rings is 3. The number of hydrogen-bond donors (Lipinski definition) is 1. The number of carbonyl (C=O) groups excluding carboxylic acids is 2. The molecule has 3 aromatic carbocycles. The van der Waals surface area contributed by atoms with Crippen LogP contribution in [0.15, 0.2) is 78.5 Å². The van der Waals surface area contributed by atoms with E-state index in [4.69, 9.17) is 11.6 Å². The molecule has 0 unspecified atom stereocenters. The Kier molecular flexibility index (Phi) is 4.91. The van der Waals surface area contributed by atoms with Crippen molar-refractivity contribution in [2.75, 3.05) is 10.2 Å². The lowest BCUT2D eigenvalue weighted by atomic mass is 10.0. The van der Waals surface area contributed by atoms with Gasteiger partial charge >= 0.3 is 0 Å². The molecular weight excluding hydrogens is 391 g/mol. The highest BCUT2D eigenvalue weighted by atomic mass is 35.5. The molecule has 0 spiro atoms. The number of aryl methyl sites for hydroxylation is 1. The normalized spacial score (nSPS) is 14.0. The van der Waals surface area contributed by atoms with Crippen molar-refractivity contribution >= 4 is 40.4 Å². The first-order valence-electron chi connectivity index (χ1n) is 8.93. The minimum atomic E-state index is -0.559. The first-order valence-corrected chi connectivity index (χ1v) is 9.31. The fourth-order valence-electron chi connectivity index (χ4n) is 3.18. The smallest absolute Gasteiger partial charge is 0.282 e. The fourth-order valence-corrected chi connectivity index (χ4v) is 3.36. The Bertz CT molecular complexity index is 1160. The quantitative estimate of drug-likeness (QED) is 0.607. The zero-order valence-electron chi connectivity index (χ0n) is 15.4. The van der Waals surface area contributed by atoms with Crippen LogP contribution in [-0.2, 0) is 9.59 Å². The first kappa shape index (κ1) is 18.9. The molecule has 1 aliphatic heterocycles. The van der Waals surface area contributed by atoms with Crippen LogP contribution in [0.5, 0.6) is 0 Å². The second-order valence-corrected chi connectivity index (χ2v) is 7.04. The summed E-state index contributed by atoms with van der Waals surface area (Å²) in [4.78, 5) is 27.4. The Balaban J connectivity index is 1.82. The van der Waals surface area contributed by atoms with Gasteiger partial charge in [-0.25, -0.2) is 9.29 Å². The van der Waals surface area contributed by atoms with Crippen LogP contribution >= 0.6 is 11.6 Å². The van der Waals surface area contributed by atoms with Gasteiger partial charge in [0.1, 0.15) is 11.5 Å². The average molecular weight is 407 g/mol. The van der Waals surface area contributed by atoms with Crippen LogP contribution in [0.1, 0.15) is 11.1 Å². The van der Waals surface area contributed by atoms with Crippen LogP contribution in [-0.4, -0.2) is 11.8 Å². The molecule has 0 saturated carbocycles. The van der Waals surface area contributed by atoms with Gasteiger partial charge in [-0.3, -0.25) is 9.59 Å². The third kappa shape index (κ3) is 3.52. The van der Waals surface area contributed by atoms with Gasteiger partial charge < -0.3 is 5.32 Å². The van der Waals surface area contributed by atoms with E-state index in [0.29, 0.717) is 16.3 Å². The summed E-state index contributed by atoms with van der Waals surface area (Å²) in [6.07, 6.45) is 0. The molecule has 0 fully saturated rings. The van der Waals surface area contributed by atoms with Gasteiger partial charge in [-0.05, 0) is 48.4 Å². The molecule has 1 heterocycles. The summed E-state index contributed by atoms with van der Waals surface area (Å²) < 4.78 is 13.7. The number of hydrogen-bond acceptors (Lipinski definition) is 3. The largest absolute Gasteiger partial charge is 0.350 e. The van der Waals surface area contributed by atoms with Crippen molar-refractivity contribution in [3.05, 3.63) is 100 Å². The molecule has 144 valence electrons. The monoisotopic (exact) mass is 406 g/mol. The summed E-state index contributed by atoms with van der Waals surface area (Å²) in [6.45, 7) is 1.87. The van der Waals surface area contributed by atoms with Crippen LogP contribution < -0.4 is 10.2 Å². The van der Waals surface area contributed by atoms with Crippen molar-refractivity contribution in [3.8, 4) is 0 Å². The Hall–Kier alpha value is -3.44. The van der Waals surface area contributed by atoms with E-state index in [-0.39, 0.29) is 17.0 Å². The van der Waals surface area contributed by atoms with Gasteiger partial charge in [0, 0.05) is 10.7 Å². The zero-order chi connectivity index (χ0) is 20.5. The van der Waals surface area contributed by atoms with E-state index in [9.17, 15) is 14.0 Å². The molecular formula is C23H16ClFN2O2. The third-order valence-corrected chi connectivity index (χ3v) is 5.06. The predicted octanol–water partition coefficient (Wildman–Crippen LogP) is 5.18. The van der Waals surface area contributed by atoms with E-state index in [2.05, 4.69) is 5.32 Å². The highest BCUT2D eigenvalue weighted by Gasteiger charge is 2.40. The van der Waals surface area contributed by atoms with E-state index >= 15 is 0 Å². The minimum Gasteiger partial charge on any atom is -0.350 e. The topological polar surface area (TPSA) is 49.4 Å². The molecule has 4 rings (SSSR count). The maximum atomic E-state index is 13.7. The average Bonchev–Trinajstić information content (AvgIpc) is 2.95. The van der Waals surface area contributed by atoms with Gasteiger partial charge in [0.25, 0.3) is 11.8 Å². The molecule has 3 aromatic rings. The Morgan fingerprint density at radius 2 is 1.66 bits per heavy atom. The molecule has 1 N–H and O–H groups in total. The summed E-state index contributed by atoms with van der Waals surface area (Å²) in [7, 11) is 0. The molecule has 0 aromatic heterocycles. The summed E-state index contributed by atoms with van der Waals surface area (Å²) in [6, 6.07) is 19.6. The van der Waals surface area contributed by atoms with Gasteiger partial charge in [-0.15, -0.1) is 0 Å². The molecule has 4 nitrogen and oxygen atoms in total. The number of halogens is 2. The lowest BCUT2D eigenvalue weighted by Crippen LogP contribution is -2.32. The summed E-state index contributed by atoms with van der Waals surface area (Å²) in [5.74, 6) is -1.61. The second kappa shape index (κ2) is 7.53. The molecule has 2 amide bonds. The van der Waals surface area contributed by atoms with Crippen molar-refractivity contribution in [2.24, 2.45) is 0 Å².